The van der Waals surface area contributed by atoms with Gasteiger partial charge in [-0.3, -0.25) is 0 Å². The van der Waals surface area contributed by atoms with E-state index in [9.17, 15) is 8.78 Å². The number of hydrogen-bond acceptors (Lipinski definition) is 2. The Bertz CT molecular complexity index is 417. The van der Waals surface area contributed by atoms with Gasteiger partial charge in [-0.25, -0.2) is 0 Å². The van der Waals surface area contributed by atoms with Crippen molar-refractivity contribution in [2.45, 2.75) is 70.6 Å². The second kappa shape index (κ2) is 8.32. The molecule has 2 nitrogen and oxygen atoms in total. The van der Waals surface area contributed by atoms with Crippen LogP contribution in [0.25, 0.3) is 0 Å². The summed E-state index contributed by atoms with van der Waals surface area (Å²) in [4.78, 5) is 0. The molecule has 1 saturated carbocycles. The molecule has 0 bridgehead atoms. The summed E-state index contributed by atoms with van der Waals surface area (Å²) in [5.41, 5.74) is 0.996. The average Bonchev–Trinajstić information content (AvgIpc) is 2.41. The molecule has 0 radical (unpaired) electrons. The van der Waals surface area contributed by atoms with Crippen LogP contribution in [0.5, 0.6) is 5.75 Å². The molecule has 118 valence electrons. The summed E-state index contributed by atoms with van der Waals surface area (Å²) in [5.74, 6) is 0.230. The predicted molar refractivity (Wildman–Crippen MR) is 80.7 cm³/mol. The summed E-state index contributed by atoms with van der Waals surface area (Å²) in [6, 6.07) is 7.67. The third-order valence-corrected chi connectivity index (χ3v) is 4.17. The summed E-state index contributed by atoms with van der Waals surface area (Å²) >= 11 is 0. The fourth-order valence-corrected chi connectivity index (χ4v) is 3.03. The van der Waals surface area contributed by atoms with Gasteiger partial charge in [0, 0.05) is 12.1 Å². The van der Waals surface area contributed by atoms with E-state index in [1.54, 1.807) is 18.2 Å². The van der Waals surface area contributed by atoms with Crippen LogP contribution in [0.15, 0.2) is 24.3 Å². The lowest BCUT2D eigenvalue weighted by Crippen LogP contribution is -2.32. The molecule has 1 unspecified atom stereocenters. The van der Waals surface area contributed by atoms with Crippen LogP contribution < -0.4 is 10.1 Å². The minimum Gasteiger partial charge on any atom is -0.435 e. The van der Waals surface area contributed by atoms with Gasteiger partial charge in [0.15, 0.2) is 0 Å². The molecule has 1 aromatic rings. The lowest BCUT2D eigenvalue weighted by atomic mass is 9.95. The molecule has 0 aromatic heterocycles. The van der Waals surface area contributed by atoms with Gasteiger partial charge in [0.25, 0.3) is 0 Å². The normalized spacial score (nSPS) is 19.0. The van der Waals surface area contributed by atoms with Crippen molar-refractivity contribution in [3.8, 4) is 5.75 Å². The smallest absolute Gasteiger partial charge is 0.387 e. The van der Waals surface area contributed by atoms with Crippen molar-refractivity contribution in [2.75, 3.05) is 0 Å². The van der Waals surface area contributed by atoms with Crippen LogP contribution in [0.1, 0.15) is 63.5 Å². The van der Waals surface area contributed by atoms with Gasteiger partial charge in [-0.2, -0.15) is 8.78 Å². The van der Waals surface area contributed by atoms with E-state index in [1.165, 1.54) is 44.9 Å². The Hall–Kier alpha value is -1.16. The molecule has 1 aliphatic carbocycles. The van der Waals surface area contributed by atoms with Crippen LogP contribution in [0.2, 0.25) is 0 Å². The summed E-state index contributed by atoms with van der Waals surface area (Å²) in [5, 5.41) is 3.64. The maximum Gasteiger partial charge on any atom is 0.387 e. The van der Waals surface area contributed by atoms with Crippen molar-refractivity contribution in [1.29, 1.82) is 0 Å². The van der Waals surface area contributed by atoms with E-state index in [1.807, 2.05) is 6.07 Å². The summed E-state index contributed by atoms with van der Waals surface area (Å²) in [6.45, 7) is -0.686. The number of halogens is 2. The van der Waals surface area contributed by atoms with Crippen molar-refractivity contribution in [1.82, 2.24) is 5.32 Å². The van der Waals surface area contributed by atoms with Gasteiger partial charge in [-0.05, 0) is 37.5 Å². The van der Waals surface area contributed by atoms with Gasteiger partial charge >= 0.3 is 6.61 Å². The number of hydrogen-bond donors (Lipinski definition) is 1. The lowest BCUT2D eigenvalue weighted by Gasteiger charge is -2.25. The quantitative estimate of drug-likeness (QED) is 0.821. The number of alkyl halides is 2. The van der Waals surface area contributed by atoms with Crippen LogP contribution >= 0.6 is 0 Å². The molecule has 0 spiro atoms. The van der Waals surface area contributed by atoms with E-state index in [4.69, 9.17) is 0 Å². The van der Waals surface area contributed by atoms with Crippen molar-refractivity contribution in [2.24, 2.45) is 0 Å². The van der Waals surface area contributed by atoms with Gasteiger partial charge < -0.3 is 10.1 Å². The van der Waals surface area contributed by atoms with Gasteiger partial charge in [0.1, 0.15) is 5.75 Å². The maximum atomic E-state index is 12.3. The number of ether oxygens (including phenoxy) is 1. The Morgan fingerprint density at radius 1 is 1.10 bits per heavy atom. The second-order valence-corrected chi connectivity index (χ2v) is 5.88. The van der Waals surface area contributed by atoms with E-state index in [2.05, 4.69) is 17.0 Å². The van der Waals surface area contributed by atoms with E-state index in [0.29, 0.717) is 6.04 Å². The zero-order valence-corrected chi connectivity index (χ0v) is 12.7. The zero-order chi connectivity index (χ0) is 15.1. The lowest BCUT2D eigenvalue weighted by molar-refractivity contribution is -0.0499. The topological polar surface area (TPSA) is 21.3 Å². The van der Waals surface area contributed by atoms with Crippen LogP contribution in [-0.2, 0) is 0 Å². The van der Waals surface area contributed by atoms with Gasteiger partial charge in [-0.15, -0.1) is 0 Å². The van der Waals surface area contributed by atoms with Gasteiger partial charge in [0.05, 0.1) is 0 Å². The molecule has 1 atom stereocenters. The minimum atomic E-state index is -2.77. The molecular weight excluding hydrogens is 272 g/mol. The molecular formula is C17H25F2NO. The molecule has 2 rings (SSSR count). The van der Waals surface area contributed by atoms with Crippen LogP contribution in [-0.4, -0.2) is 12.7 Å². The number of rotatable bonds is 5. The molecule has 0 amide bonds. The van der Waals surface area contributed by atoms with Gasteiger partial charge in [-0.1, -0.05) is 44.2 Å². The van der Waals surface area contributed by atoms with Crippen molar-refractivity contribution >= 4 is 0 Å². The first-order valence-electron chi connectivity index (χ1n) is 7.96. The molecule has 1 aromatic carbocycles. The Kier molecular flexibility index (Phi) is 6.43. The van der Waals surface area contributed by atoms with Gasteiger partial charge in [0.2, 0.25) is 0 Å². The van der Waals surface area contributed by atoms with Crippen molar-refractivity contribution < 1.29 is 13.5 Å². The highest BCUT2D eigenvalue weighted by Gasteiger charge is 2.15. The fourth-order valence-electron chi connectivity index (χ4n) is 3.03. The molecule has 21 heavy (non-hydrogen) atoms. The minimum absolute atomic E-state index is 0.149. The van der Waals surface area contributed by atoms with Crippen molar-refractivity contribution in [3.05, 3.63) is 29.8 Å². The highest BCUT2D eigenvalue weighted by Crippen LogP contribution is 2.23. The highest BCUT2D eigenvalue weighted by molar-refractivity contribution is 5.30. The number of nitrogens with one attached hydrogen (secondary N) is 1. The third kappa shape index (κ3) is 5.62. The maximum absolute atomic E-state index is 12.3. The molecule has 1 aliphatic rings. The van der Waals surface area contributed by atoms with Crippen LogP contribution in [0, 0.1) is 0 Å². The molecule has 0 heterocycles. The highest BCUT2D eigenvalue weighted by atomic mass is 19.3. The zero-order valence-electron chi connectivity index (χ0n) is 12.7. The molecule has 4 heteroatoms. The third-order valence-electron chi connectivity index (χ3n) is 4.17. The molecule has 1 fully saturated rings. The monoisotopic (exact) mass is 297 g/mol. The van der Waals surface area contributed by atoms with E-state index in [0.717, 1.165) is 5.56 Å². The predicted octanol–water partition coefficient (Wildman–Crippen LogP) is 5.05. The first kappa shape index (κ1) is 16.2. The van der Waals surface area contributed by atoms with E-state index in [-0.39, 0.29) is 11.8 Å². The summed E-state index contributed by atoms with van der Waals surface area (Å²) in [7, 11) is 0. The Balaban J connectivity index is 1.93. The van der Waals surface area contributed by atoms with E-state index < -0.39 is 6.61 Å². The summed E-state index contributed by atoms with van der Waals surface area (Å²) in [6.07, 6.45) is 8.97. The summed E-state index contributed by atoms with van der Waals surface area (Å²) < 4.78 is 29.0. The molecule has 0 saturated heterocycles. The van der Waals surface area contributed by atoms with E-state index >= 15 is 0 Å². The van der Waals surface area contributed by atoms with Crippen molar-refractivity contribution in [3.63, 3.8) is 0 Å². The number of benzene rings is 1. The standard InChI is InChI=1S/C17H25F2NO/c1-13(20-15-9-5-3-2-4-6-10-15)14-8-7-11-16(12-14)21-17(18)19/h7-8,11-13,15,17,20H,2-6,9-10H2,1H3. The SMILES string of the molecule is CC(NC1CCCCCCC1)c1cccc(OC(F)F)c1. The Labute approximate surface area is 125 Å². The first-order chi connectivity index (χ1) is 10.1. The Morgan fingerprint density at radius 2 is 1.76 bits per heavy atom. The largest absolute Gasteiger partial charge is 0.435 e. The first-order valence-corrected chi connectivity index (χ1v) is 7.96. The van der Waals surface area contributed by atoms with Crippen LogP contribution in [0.4, 0.5) is 8.78 Å². The molecule has 1 N–H and O–H groups in total. The Morgan fingerprint density at radius 3 is 2.43 bits per heavy atom. The van der Waals surface area contributed by atoms with Crippen LogP contribution in [0.3, 0.4) is 0 Å². The second-order valence-electron chi connectivity index (χ2n) is 5.88. The fraction of sp³-hybridized carbons (Fsp3) is 0.647. The molecule has 0 aliphatic heterocycles. The average molecular weight is 297 g/mol.